The van der Waals surface area contributed by atoms with E-state index in [0.717, 1.165) is 12.2 Å². The normalized spacial score (nSPS) is 17.0. The minimum absolute atomic E-state index is 0.389. The van der Waals surface area contributed by atoms with E-state index in [1.807, 2.05) is 0 Å². The molecule has 0 spiro atoms. The Morgan fingerprint density at radius 2 is 2.19 bits per heavy atom. The number of nitrogens with one attached hydrogen (secondary N) is 1. The topological polar surface area (TPSA) is 29.1 Å². The van der Waals surface area contributed by atoms with Crippen molar-refractivity contribution in [3.63, 3.8) is 0 Å². The van der Waals surface area contributed by atoms with E-state index < -0.39 is 10.8 Å². The Morgan fingerprint density at radius 3 is 2.69 bits per heavy atom. The van der Waals surface area contributed by atoms with E-state index in [1.54, 1.807) is 17.6 Å². The standard InChI is InChI=1S/C12H21NOS2/c1-9-5-7-15-12(9)11(3)13-10(2)6-8-16(4)14/h5,7,10-11,13H,6,8H2,1-4H3. The highest BCUT2D eigenvalue weighted by atomic mass is 32.2. The Morgan fingerprint density at radius 1 is 1.50 bits per heavy atom. The number of hydrogen-bond donors (Lipinski definition) is 1. The maximum Gasteiger partial charge on any atom is 0.0390 e. The summed E-state index contributed by atoms with van der Waals surface area (Å²) in [6, 6.07) is 2.96. The highest BCUT2D eigenvalue weighted by Crippen LogP contribution is 2.23. The predicted molar refractivity (Wildman–Crippen MR) is 73.6 cm³/mol. The van der Waals surface area contributed by atoms with Gasteiger partial charge in [-0.1, -0.05) is 0 Å². The van der Waals surface area contributed by atoms with Crippen LogP contribution in [0.4, 0.5) is 0 Å². The van der Waals surface area contributed by atoms with Crippen LogP contribution in [0.15, 0.2) is 11.4 Å². The first-order chi connectivity index (χ1) is 7.50. The molecule has 0 fully saturated rings. The molecule has 1 heterocycles. The van der Waals surface area contributed by atoms with Gasteiger partial charge in [-0.25, -0.2) is 0 Å². The Kier molecular flexibility index (Phi) is 5.66. The average Bonchev–Trinajstić information content (AvgIpc) is 2.61. The predicted octanol–water partition coefficient (Wildman–Crippen LogP) is 2.86. The second kappa shape index (κ2) is 6.52. The summed E-state index contributed by atoms with van der Waals surface area (Å²) in [6.07, 6.45) is 2.73. The molecule has 1 rings (SSSR count). The van der Waals surface area contributed by atoms with E-state index in [-0.39, 0.29) is 0 Å². The van der Waals surface area contributed by atoms with Crippen molar-refractivity contribution in [2.75, 3.05) is 12.0 Å². The third-order valence-electron chi connectivity index (χ3n) is 2.67. The molecule has 1 aromatic rings. The van der Waals surface area contributed by atoms with Crippen LogP contribution in [0.5, 0.6) is 0 Å². The number of thiophene rings is 1. The lowest BCUT2D eigenvalue weighted by Gasteiger charge is -2.19. The molecule has 0 aromatic carbocycles. The van der Waals surface area contributed by atoms with Crippen molar-refractivity contribution in [2.45, 2.75) is 39.3 Å². The van der Waals surface area contributed by atoms with Crippen LogP contribution in [0, 0.1) is 6.92 Å². The quantitative estimate of drug-likeness (QED) is 0.851. The van der Waals surface area contributed by atoms with E-state index in [4.69, 9.17) is 0 Å². The van der Waals surface area contributed by atoms with E-state index in [9.17, 15) is 4.21 Å². The SMILES string of the molecule is Cc1ccsc1C(C)NC(C)CCS(C)=O. The molecular weight excluding hydrogens is 238 g/mol. The molecule has 0 saturated heterocycles. The lowest BCUT2D eigenvalue weighted by molar-refractivity contribution is 0.474. The van der Waals surface area contributed by atoms with Crippen LogP contribution in [0.3, 0.4) is 0 Å². The monoisotopic (exact) mass is 259 g/mol. The third kappa shape index (κ3) is 4.36. The first kappa shape index (κ1) is 13.9. The van der Waals surface area contributed by atoms with Crippen LogP contribution < -0.4 is 5.32 Å². The molecule has 1 N–H and O–H groups in total. The third-order valence-corrected chi connectivity index (χ3v) is 4.68. The number of rotatable bonds is 6. The van der Waals surface area contributed by atoms with Gasteiger partial charge in [-0.3, -0.25) is 4.21 Å². The highest BCUT2D eigenvalue weighted by molar-refractivity contribution is 7.84. The summed E-state index contributed by atoms with van der Waals surface area (Å²) in [5, 5.41) is 5.69. The van der Waals surface area contributed by atoms with Crippen LogP contribution in [-0.2, 0) is 10.8 Å². The van der Waals surface area contributed by atoms with Crippen LogP contribution in [0.25, 0.3) is 0 Å². The van der Waals surface area contributed by atoms with Gasteiger partial charge < -0.3 is 5.32 Å². The number of aryl methyl sites for hydroxylation is 1. The molecule has 0 saturated carbocycles. The van der Waals surface area contributed by atoms with Crippen molar-refractivity contribution in [3.8, 4) is 0 Å². The lowest BCUT2D eigenvalue weighted by atomic mass is 10.1. The molecule has 3 atom stereocenters. The first-order valence-electron chi connectivity index (χ1n) is 5.60. The van der Waals surface area contributed by atoms with Crippen LogP contribution >= 0.6 is 11.3 Å². The molecule has 2 nitrogen and oxygen atoms in total. The van der Waals surface area contributed by atoms with Crippen LogP contribution in [0.1, 0.15) is 36.8 Å². The highest BCUT2D eigenvalue weighted by Gasteiger charge is 2.12. The van der Waals surface area contributed by atoms with Gasteiger partial charge >= 0.3 is 0 Å². The van der Waals surface area contributed by atoms with Gasteiger partial charge in [-0.2, -0.15) is 0 Å². The average molecular weight is 259 g/mol. The molecule has 0 bridgehead atoms. The summed E-state index contributed by atoms with van der Waals surface area (Å²) in [4.78, 5) is 1.41. The number of hydrogen-bond acceptors (Lipinski definition) is 3. The molecule has 0 amide bonds. The fourth-order valence-corrected chi connectivity index (χ4v) is 3.39. The van der Waals surface area contributed by atoms with E-state index in [2.05, 4.69) is 37.5 Å². The van der Waals surface area contributed by atoms with Crippen LogP contribution in [0.2, 0.25) is 0 Å². The zero-order valence-electron chi connectivity index (χ0n) is 10.4. The Labute approximate surface area is 105 Å². The fourth-order valence-electron chi connectivity index (χ4n) is 1.76. The zero-order valence-corrected chi connectivity index (χ0v) is 12.1. The van der Waals surface area contributed by atoms with Gasteiger partial charge in [0.1, 0.15) is 0 Å². The molecule has 4 heteroatoms. The fraction of sp³-hybridized carbons (Fsp3) is 0.667. The molecule has 0 aliphatic rings. The molecule has 0 radical (unpaired) electrons. The maximum atomic E-state index is 11.0. The molecule has 16 heavy (non-hydrogen) atoms. The first-order valence-corrected chi connectivity index (χ1v) is 8.21. The summed E-state index contributed by atoms with van der Waals surface area (Å²) in [6.45, 7) is 6.50. The van der Waals surface area contributed by atoms with Crippen molar-refractivity contribution in [2.24, 2.45) is 0 Å². The van der Waals surface area contributed by atoms with Gasteiger partial charge in [0.2, 0.25) is 0 Å². The molecule has 0 aliphatic carbocycles. The minimum Gasteiger partial charge on any atom is -0.307 e. The van der Waals surface area contributed by atoms with Crippen molar-refractivity contribution < 1.29 is 4.21 Å². The van der Waals surface area contributed by atoms with Crippen molar-refractivity contribution in [1.29, 1.82) is 0 Å². The maximum absolute atomic E-state index is 11.0. The molecule has 92 valence electrons. The van der Waals surface area contributed by atoms with E-state index in [1.165, 1.54) is 10.4 Å². The van der Waals surface area contributed by atoms with Gasteiger partial charge in [0.15, 0.2) is 0 Å². The molecule has 1 aromatic heterocycles. The van der Waals surface area contributed by atoms with Gasteiger partial charge in [0, 0.05) is 39.8 Å². The van der Waals surface area contributed by atoms with Crippen LogP contribution in [-0.4, -0.2) is 22.3 Å². The van der Waals surface area contributed by atoms with Gasteiger partial charge in [-0.15, -0.1) is 11.3 Å². The summed E-state index contributed by atoms with van der Waals surface area (Å²) in [5.74, 6) is 0.782. The Balaban J connectivity index is 2.42. The van der Waals surface area contributed by atoms with Crippen molar-refractivity contribution >= 4 is 22.1 Å². The van der Waals surface area contributed by atoms with E-state index >= 15 is 0 Å². The van der Waals surface area contributed by atoms with Crippen molar-refractivity contribution in [1.82, 2.24) is 5.32 Å². The summed E-state index contributed by atoms with van der Waals surface area (Å²) >= 11 is 1.80. The minimum atomic E-state index is -0.679. The smallest absolute Gasteiger partial charge is 0.0390 e. The summed E-state index contributed by atoms with van der Waals surface area (Å²) < 4.78 is 11.0. The second-order valence-corrected chi connectivity index (χ2v) is 6.83. The van der Waals surface area contributed by atoms with Gasteiger partial charge in [0.25, 0.3) is 0 Å². The van der Waals surface area contributed by atoms with E-state index in [0.29, 0.717) is 12.1 Å². The molecular formula is C12H21NOS2. The van der Waals surface area contributed by atoms with Gasteiger partial charge in [-0.05, 0) is 44.2 Å². The summed E-state index contributed by atoms with van der Waals surface area (Å²) in [7, 11) is -0.679. The summed E-state index contributed by atoms with van der Waals surface area (Å²) in [5.41, 5.74) is 1.36. The largest absolute Gasteiger partial charge is 0.307 e. The zero-order chi connectivity index (χ0) is 12.1. The Hall–Kier alpha value is -0.190. The lowest BCUT2D eigenvalue weighted by Crippen LogP contribution is -2.30. The van der Waals surface area contributed by atoms with Crippen molar-refractivity contribution in [3.05, 3.63) is 21.9 Å². The second-order valence-electron chi connectivity index (χ2n) is 4.32. The molecule has 3 unspecified atom stereocenters. The van der Waals surface area contributed by atoms with Gasteiger partial charge in [0.05, 0.1) is 0 Å². The molecule has 0 aliphatic heterocycles. The Bertz CT molecular complexity index is 349.